The quantitative estimate of drug-likeness (QED) is 0.539. The van der Waals surface area contributed by atoms with Crippen LogP contribution in [0.3, 0.4) is 0 Å². The monoisotopic (exact) mass is 434 g/mol. The first-order valence-corrected chi connectivity index (χ1v) is 11.2. The topological polar surface area (TPSA) is 67.8 Å². The number of halogens is 1. The Hall–Kier alpha value is -2.19. The van der Waals surface area contributed by atoms with E-state index in [0.717, 1.165) is 22.5 Å². The minimum absolute atomic E-state index is 0.0149. The number of ether oxygens (including phenoxy) is 1. The molecule has 0 aliphatic heterocycles. The van der Waals surface area contributed by atoms with E-state index in [2.05, 4.69) is 4.72 Å². The molecule has 0 amide bonds. The first kappa shape index (κ1) is 20.5. The number of hydrogen-bond acceptors (Lipinski definition) is 5. The van der Waals surface area contributed by atoms with Crippen molar-refractivity contribution in [3.8, 4) is 5.75 Å². The Morgan fingerprint density at radius 1 is 1.07 bits per heavy atom. The standard InChI is InChI=1S/C20H19ClN2O3S2/c1-3-22-28(24,25)20-18(26-2)17(19(21)27-20)23-16(14-10-6-4-7-11-14)15-12-8-5-9-13-15/h4-13,22H,3H2,1-2H3. The molecule has 0 spiro atoms. The van der Waals surface area contributed by atoms with Crippen LogP contribution in [0.5, 0.6) is 5.75 Å². The molecule has 0 bridgehead atoms. The van der Waals surface area contributed by atoms with Crippen LogP contribution >= 0.6 is 22.9 Å². The zero-order valence-electron chi connectivity index (χ0n) is 15.3. The number of sulfonamides is 1. The molecule has 3 rings (SSSR count). The van der Waals surface area contributed by atoms with Gasteiger partial charge in [-0.1, -0.05) is 79.2 Å². The van der Waals surface area contributed by atoms with Gasteiger partial charge in [0.2, 0.25) is 0 Å². The molecule has 0 aliphatic carbocycles. The zero-order chi connectivity index (χ0) is 20.1. The second-order valence-electron chi connectivity index (χ2n) is 5.74. The molecule has 3 aromatic rings. The lowest BCUT2D eigenvalue weighted by atomic mass is 10.0. The largest absolute Gasteiger partial charge is 0.492 e. The molecule has 0 saturated heterocycles. The number of nitrogens with zero attached hydrogens (tertiary/aromatic N) is 1. The minimum Gasteiger partial charge on any atom is -0.492 e. The first-order chi connectivity index (χ1) is 13.5. The maximum atomic E-state index is 12.5. The lowest BCUT2D eigenvalue weighted by Gasteiger charge is -2.09. The van der Waals surface area contributed by atoms with Crippen LogP contribution in [0.4, 0.5) is 5.69 Å². The number of methoxy groups -OCH3 is 1. The van der Waals surface area contributed by atoms with Crippen molar-refractivity contribution in [2.24, 2.45) is 4.99 Å². The molecule has 1 aromatic heterocycles. The summed E-state index contributed by atoms with van der Waals surface area (Å²) >= 11 is 7.32. The normalized spacial score (nSPS) is 11.2. The van der Waals surface area contributed by atoms with Crippen LogP contribution in [0.2, 0.25) is 4.34 Å². The van der Waals surface area contributed by atoms with E-state index >= 15 is 0 Å². The number of benzene rings is 2. The molecule has 0 saturated carbocycles. The fraction of sp³-hybridized carbons (Fsp3) is 0.150. The van der Waals surface area contributed by atoms with E-state index < -0.39 is 10.0 Å². The molecule has 2 aromatic carbocycles. The van der Waals surface area contributed by atoms with Crippen molar-refractivity contribution in [3.63, 3.8) is 0 Å². The van der Waals surface area contributed by atoms with Crippen molar-refractivity contribution in [2.75, 3.05) is 13.7 Å². The predicted octanol–water partition coefficient (Wildman–Crippen LogP) is 4.88. The molecule has 5 nitrogen and oxygen atoms in total. The van der Waals surface area contributed by atoms with Crippen LogP contribution in [0.25, 0.3) is 0 Å². The van der Waals surface area contributed by atoms with Crippen LogP contribution in [0, 0.1) is 0 Å². The minimum atomic E-state index is -3.73. The highest BCUT2D eigenvalue weighted by atomic mass is 35.5. The van der Waals surface area contributed by atoms with E-state index in [-0.39, 0.29) is 20.8 Å². The molecule has 0 radical (unpaired) electrons. The Morgan fingerprint density at radius 2 is 1.61 bits per heavy atom. The van der Waals surface area contributed by atoms with Crippen LogP contribution in [-0.4, -0.2) is 27.8 Å². The Balaban J connectivity index is 2.23. The van der Waals surface area contributed by atoms with Gasteiger partial charge in [-0.05, 0) is 0 Å². The number of hydrogen-bond donors (Lipinski definition) is 1. The van der Waals surface area contributed by atoms with E-state index in [0.29, 0.717) is 11.4 Å². The predicted molar refractivity (Wildman–Crippen MR) is 115 cm³/mol. The lowest BCUT2D eigenvalue weighted by molar-refractivity contribution is 0.407. The van der Waals surface area contributed by atoms with Gasteiger partial charge in [-0.2, -0.15) is 0 Å². The fourth-order valence-electron chi connectivity index (χ4n) is 2.67. The molecule has 0 fully saturated rings. The summed E-state index contributed by atoms with van der Waals surface area (Å²) in [6, 6.07) is 19.3. The summed E-state index contributed by atoms with van der Waals surface area (Å²) in [4.78, 5) is 4.74. The number of rotatable bonds is 7. The molecule has 1 N–H and O–H groups in total. The maximum Gasteiger partial charge on any atom is 0.253 e. The van der Waals surface area contributed by atoms with E-state index in [1.54, 1.807) is 6.92 Å². The van der Waals surface area contributed by atoms with Gasteiger partial charge in [0.05, 0.1) is 12.8 Å². The van der Waals surface area contributed by atoms with Gasteiger partial charge in [0.1, 0.15) is 10.0 Å². The third kappa shape index (κ3) is 4.28. The van der Waals surface area contributed by atoms with Crippen molar-refractivity contribution in [1.29, 1.82) is 0 Å². The summed E-state index contributed by atoms with van der Waals surface area (Å²) in [5.41, 5.74) is 2.74. The second-order valence-corrected chi connectivity index (χ2v) is 9.32. The van der Waals surface area contributed by atoms with E-state index in [4.69, 9.17) is 21.3 Å². The van der Waals surface area contributed by atoms with Crippen LogP contribution < -0.4 is 9.46 Å². The van der Waals surface area contributed by atoms with Crippen molar-refractivity contribution in [1.82, 2.24) is 4.72 Å². The highest BCUT2D eigenvalue weighted by Crippen LogP contribution is 2.48. The third-order valence-corrected chi connectivity index (χ3v) is 7.27. The Bertz CT molecular complexity index is 1040. The van der Waals surface area contributed by atoms with Gasteiger partial charge in [0.15, 0.2) is 9.96 Å². The highest BCUT2D eigenvalue weighted by Gasteiger charge is 2.28. The first-order valence-electron chi connectivity index (χ1n) is 8.53. The molecule has 146 valence electrons. The fourth-order valence-corrected chi connectivity index (χ4v) is 5.64. The van der Waals surface area contributed by atoms with Crippen LogP contribution in [0.15, 0.2) is 69.9 Å². The van der Waals surface area contributed by atoms with Crippen molar-refractivity contribution in [2.45, 2.75) is 11.1 Å². The number of nitrogens with one attached hydrogen (secondary N) is 1. The van der Waals surface area contributed by atoms with Gasteiger partial charge in [-0.3, -0.25) is 0 Å². The molecule has 0 atom stereocenters. The van der Waals surface area contributed by atoms with E-state index in [9.17, 15) is 8.42 Å². The molecule has 28 heavy (non-hydrogen) atoms. The summed E-state index contributed by atoms with van der Waals surface area (Å²) in [7, 11) is -2.32. The summed E-state index contributed by atoms with van der Waals surface area (Å²) < 4.78 is 33.2. The zero-order valence-corrected chi connectivity index (χ0v) is 17.7. The molecule has 8 heteroatoms. The summed E-state index contributed by atoms with van der Waals surface area (Å²) in [5.74, 6) is 0.139. The molecular weight excluding hydrogens is 416 g/mol. The van der Waals surface area contributed by atoms with Crippen molar-refractivity contribution < 1.29 is 13.2 Å². The Kier molecular flexibility index (Phi) is 6.51. The van der Waals surface area contributed by atoms with Gasteiger partial charge in [0.25, 0.3) is 10.0 Å². The highest BCUT2D eigenvalue weighted by molar-refractivity contribution is 7.91. The van der Waals surface area contributed by atoms with Crippen molar-refractivity contribution in [3.05, 3.63) is 76.1 Å². The average molecular weight is 435 g/mol. The maximum absolute atomic E-state index is 12.5. The van der Waals surface area contributed by atoms with E-state index in [1.165, 1.54) is 7.11 Å². The van der Waals surface area contributed by atoms with Crippen LogP contribution in [0.1, 0.15) is 18.1 Å². The third-order valence-electron chi connectivity index (χ3n) is 3.87. The lowest BCUT2D eigenvalue weighted by Crippen LogP contribution is -2.22. The van der Waals surface area contributed by atoms with Crippen LogP contribution in [-0.2, 0) is 10.0 Å². The van der Waals surface area contributed by atoms with Gasteiger partial charge < -0.3 is 4.74 Å². The van der Waals surface area contributed by atoms with Crippen molar-refractivity contribution >= 4 is 44.4 Å². The molecular formula is C20H19ClN2O3S2. The average Bonchev–Trinajstić information content (AvgIpc) is 3.03. The van der Waals surface area contributed by atoms with E-state index in [1.807, 2.05) is 60.7 Å². The number of thiophene rings is 1. The van der Waals surface area contributed by atoms with Gasteiger partial charge in [0, 0.05) is 17.7 Å². The van der Waals surface area contributed by atoms with Gasteiger partial charge in [-0.15, -0.1) is 11.3 Å². The molecule has 0 aliphatic rings. The molecule has 1 heterocycles. The summed E-state index contributed by atoms with van der Waals surface area (Å²) in [5, 5.41) is 0. The smallest absolute Gasteiger partial charge is 0.253 e. The SMILES string of the molecule is CCNS(=O)(=O)c1sc(Cl)c(N=C(c2ccccc2)c2ccccc2)c1OC. The van der Waals surface area contributed by atoms with Gasteiger partial charge in [-0.25, -0.2) is 18.1 Å². The molecule has 0 unspecified atom stereocenters. The number of aliphatic imine (C=N–C) groups is 1. The van der Waals surface area contributed by atoms with Gasteiger partial charge >= 0.3 is 0 Å². The summed E-state index contributed by atoms with van der Waals surface area (Å²) in [6.45, 7) is 1.97. The summed E-state index contributed by atoms with van der Waals surface area (Å²) in [6.07, 6.45) is 0. The second kappa shape index (κ2) is 8.87. The Morgan fingerprint density at radius 3 is 2.07 bits per heavy atom. The Labute approximate surface area is 173 Å².